The van der Waals surface area contributed by atoms with Crippen LogP contribution in [-0.4, -0.2) is 22.2 Å². The normalized spacial score (nSPS) is 12.6. The second kappa shape index (κ2) is 6.04. The van der Waals surface area contributed by atoms with E-state index in [4.69, 9.17) is 0 Å². The van der Waals surface area contributed by atoms with Crippen molar-refractivity contribution in [2.45, 2.75) is 30.6 Å². The monoisotopic (exact) mass is 289 g/mol. The molecule has 0 saturated heterocycles. The lowest BCUT2D eigenvalue weighted by Gasteiger charge is -2.14. The maximum atomic E-state index is 11.8. The van der Waals surface area contributed by atoms with Gasteiger partial charge in [-0.05, 0) is 18.2 Å². The summed E-state index contributed by atoms with van der Waals surface area (Å²) < 4.78 is 26.2. The van der Waals surface area contributed by atoms with Gasteiger partial charge in [0.15, 0.2) is 0 Å². The topological polar surface area (TPSA) is 46.2 Å². The smallest absolute Gasteiger partial charge is 0.206 e. The molecule has 3 nitrogen and oxygen atoms in total. The predicted molar refractivity (Wildman–Crippen MR) is 77.4 cm³/mol. The largest absolute Gasteiger partial charge is 0.249 e. The lowest BCUT2D eigenvalue weighted by molar-refractivity contribution is 0.594. The van der Waals surface area contributed by atoms with Gasteiger partial charge >= 0.3 is 0 Å². The van der Waals surface area contributed by atoms with E-state index in [1.54, 1.807) is 30.3 Å². The van der Waals surface area contributed by atoms with Gasteiger partial charge in [0.2, 0.25) is 10.0 Å². The van der Waals surface area contributed by atoms with Crippen LogP contribution in [0.5, 0.6) is 0 Å². The third-order valence-corrected chi connectivity index (χ3v) is 6.94. The lowest BCUT2D eigenvalue weighted by atomic mass is 10.4. The highest BCUT2D eigenvalue weighted by Gasteiger charge is 2.15. The minimum atomic E-state index is -3.35. The quantitative estimate of drug-likeness (QED) is 0.497. The van der Waals surface area contributed by atoms with Crippen LogP contribution in [0.4, 0.5) is 0 Å². The summed E-state index contributed by atoms with van der Waals surface area (Å²) in [6, 6.07) is 9.55. The van der Waals surface area contributed by atoms with Crippen LogP contribution in [0.2, 0.25) is 25.7 Å². The highest BCUT2D eigenvalue weighted by atomic mass is 32.3. The molecular weight excluding hydrogens is 270 g/mol. The number of hydrogen-bond donors (Lipinski definition) is 1. The molecule has 0 atom stereocenters. The van der Waals surface area contributed by atoms with Crippen LogP contribution in [0.15, 0.2) is 35.2 Å². The van der Waals surface area contributed by atoms with Gasteiger partial charge in [0.05, 0.1) is 4.90 Å². The Kier molecular flexibility index (Phi) is 5.24. The highest BCUT2D eigenvalue weighted by Crippen LogP contribution is 2.15. The van der Waals surface area contributed by atoms with Crippen molar-refractivity contribution in [1.82, 2.24) is 4.13 Å². The molecule has 17 heavy (non-hydrogen) atoms. The van der Waals surface area contributed by atoms with Crippen LogP contribution in [0.25, 0.3) is 0 Å². The first-order valence-corrected chi connectivity index (χ1v) is 11.7. The molecule has 0 spiro atoms. The van der Waals surface area contributed by atoms with Crippen LogP contribution in [-0.2, 0) is 10.0 Å². The van der Waals surface area contributed by atoms with E-state index in [0.717, 1.165) is 11.8 Å². The Morgan fingerprint density at radius 1 is 1.18 bits per heavy atom. The zero-order valence-corrected chi connectivity index (χ0v) is 13.1. The van der Waals surface area contributed by atoms with Crippen LogP contribution in [0.1, 0.15) is 0 Å². The predicted octanol–water partition coefficient (Wildman–Crippen LogP) is 2.95. The molecule has 0 aliphatic carbocycles. The molecule has 0 amide bonds. The Balaban J connectivity index is 2.47. The average Bonchev–Trinajstić information content (AvgIpc) is 2.25. The van der Waals surface area contributed by atoms with Gasteiger partial charge in [-0.3, -0.25) is 0 Å². The van der Waals surface area contributed by atoms with E-state index in [-0.39, 0.29) is 0 Å². The number of rotatable bonds is 6. The fourth-order valence-corrected chi connectivity index (χ4v) is 5.84. The van der Waals surface area contributed by atoms with E-state index in [2.05, 4.69) is 23.8 Å². The van der Waals surface area contributed by atoms with Gasteiger partial charge in [-0.1, -0.05) is 49.8 Å². The first kappa shape index (κ1) is 14.8. The molecule has 0 heterocycles. The molecule has 0 radical (unpaired) electrons. The second-order valence-corrected chi connectivity index (χ2v) is 13.5. The molecule has 1 aromatic carbocycles. The van der Waals surface area contributed by atoms with E-state index in [0.29, 0.717) is 4.90 Å². The minimum absolute atomic E-state index is 0.320. The van der Waals surface area contributed by atoms with Gasteiger partial charge in [0.1, 0.15) is 0 Å². The third-order valence-electron chi connectivity index (χ3n) is 2.18. The van der Waals surface area contributed by atoms with E-state index in [1.165, 1.54) is 11.9 Å². The molecule has 0 fully saturated rings. The fourth-order valence-electron chi connectivity index (χ4n) is 1.12. The van der Waals surface area contributed by atoms with Crippen molar-refractivity contribution in [3.05, 3.63) is 30.3 Å². The highest BCUT2D eigenvalue weighted by molar-refractivity contribution is 8.09. The average molecular weight is 289 g/mol. The Hall–Kier alpha value is -0.303. The molecule has 0 aromatic heterocycles. The van der Waals surface area contributed by atoms with Crippen molar-refractivity contribution in [1.29, 1.82) is 0 Å². The molecular formula is C11H19NO2S2Si. The number of benzene rings is 1. The Labute approximate surface area is 109 Å². The van der Waals surface area contributed by atoms with E-state index in [9.17, 15) is 8.42 Å². The summed E-state index contributed by atoms with van der Waals surface area (Å²) in [5.41, 5.74) is 0. The number of hydrogen-bond acceptors (Lipinski definition) is 3. The number of nitrogens with one attached hydrogen (secondary N) is 1. The van der Waals surface area contributed by atoms with Crippen molar-refractivity contribution >= 4 is 30.0 Å². The standard InChI is InChI=1S/C11H19NO2S2Si/c1-17(2,3)10-9-15-12-16(13,14)11-7-5-4-6-8-11/h4-8,12H,9-10H2,1-3H3. The summed E-state index contributed by atoms with van der Waals surface area (Å²) in [7, 11) is -4.44. The van der Waals surface area contributed by atoms with Crippen molar-refractivity contribution in [2.75, 3.05) is 5.75 Å². The Bertz CT molecular complexity index is 440. The van der Waals surface area contributed by atoms with Crippen LogP contribution in [0, 0.1) is 0 Å². The maximum absolute atomic E-state index is 11.8. The number of sulfonamides is 1. The van der Waals surface area contributed by atoms with Gasteiger partial charge in [-0.2, -0.15) is 4.13 Å². The summed E-state index contributed by atoms with van der Waals surface area (Å²) in [6.45, 7) is 6.83. The molecule has 0 unspecified atom stereocenters. The summed E-state index contributed by atoms with van der Waals surface area (Å²) in [5, 5.41) is 0. The molecule has 96 valence electrons. The van der Waals surface area contributed by atoms with Crippen molar-refractivity contribution in [2.24, 2.45) is 0 Å². The van der Waals surface area contributed by atoms with Crippen molar-refractivity contribution < 1.29 is 8.42 Å². The molecule has 0 bridgehead atoms. The molecule has 6 heteroatoms. The Morgan fingerprint density at radius 2 is 1.76 bits per heavy atom. The zero-order valence-electron chi connectivity index (χ0n) is 10.4. The van der Waals surface area contributed by atoms with E-state index < -0.39 is 18.1 Å². The minimum Gasteiger partial charge on any atom is -0.206 e. The molecule has 0 aliphatic rings. The Morgan fingerprint density at radius 3 is 2.29 bits per heavy atom. The van der Waals surface area contributed by atoms with Gasteiger partial charge in [-0.15, -0.1) is 0 Å². The summed E-state index contributed by atoms with van der Waals surface area (Å²) in [4.78, 5) is 0.320. The molecule has 0 saturated carbocycles. The van der Waals surface area contributed by atoms with Gasteiger partial charge in [-0.25, -0.2) is 8.42 Å². The van der Waals surface area contributed by atoms with Gasteiger partial charge in [0.25, 0.3) is 0 Å². The van der Waals surface area contributed by atoms with Crippen LogP contribution >= 0.6 is 11.9 Å². The lowest BCUT2D eigenvalue weighted by Crippen LogP contribution is -2.22. The first-order valence-electron chi connectivity index (χ1n) is 5.50. The van der Waals surface area contributed by atoms with E-state index in [1.807, 2.05) is 0 Å². The summed E-state index contributed by atoms with van der Waals surface area (Å²) >= 11 is 1.28. The van der Waals surface area contributed by atoms with Crippen LogP contribution in [0.3, 0.4) is 0 Å². The van der Waals surface area contributed by atoms with Crippen molar-refractivity contribution in [3.63, 3.8) is 0 Å². The van der Waals surface area contributed by atoms with Crippen molar-refractivity contribution in [3.8, 4) is 0 Å². The fraction of sp³-hybridized carbons (Fsp3) is 0.455. The molecule has 1 rings (SSSR count). The van der Waals surface area contributed by atoms with Gasteiger partial charge < -0.3 is 0 Å². The zero-order chi connectivity index (χ0) is 12.9. The SMILES string of the molecule is C[Si](C)(C)CCSNS(=O)(=O)c1ccccc1. The third kappa shape index (κ3) is 5.72. The first-order chi connectivity index (χ1) is 7.81. The second-order valence-electron chi connectivity index (χ2n) is 5.06. The van der Waals surface area contributed by atoms with Crippen LogP contribution < -0.4 is 4.13 Å². The summed E-state index contributed by atoms with van der Waals surface area (Å²) in [6.07, 6.45) is 0. The summed E-state index contributed by atoms with van der Waals surface area (Å²) in [5.74, 6) is 0.835. The molecule has 1 N–H and O–H groups in total. The van der Waals surface area contributed by atoms with E-state index >= 15 is 0 Å². The molecule has 1 aromatic rings. The maximum Gasteiger partial charge on any atom is 0.249 e. The van der Waals surface area contributed by atoms with Gasteiger partial charge in [0, 0.05) is 13.8 Å². The molecule has 0 aliphatic heterocycles.